The largest absolute Gasteiger partial charge is 0.378 e. The van der Waals surface area contributed by atoms with Crippen molar-refractivity contribution in [3.8, 4) is 0 Å². The number of carbonyl (C=O) groups excluding carboxylic acids is 2. The van der Waals surface area contributed by atoms with E-state index in [1.165, 1.54) is 12.1 Å². The summed E-state index contributed by atoms with van der Waals surface area (Å²) in [6, 6.07) is 14.0. The molecule has 0 atom stereocenters. The topological polar surface area (TPSA) is 73.9 Å². The number of nitrogens with zero attached hydrogens (tertiary/aromatic N) is 2. The van der Waals surface area contributed by atoms with Crippen LogP contribution in [0.2, 0.25) is 0 Å². The van der Waals surface area contributed by atoms with E-state index in [1.54, 1.807) is 17.0 Å². The van der Waals surface area contributed by atoms with Gasteiger partial charge in [-0.05, 0) is 54.9 Å². The molecule has 0 spiro atoms. The average Bonchev–Trinajstić information content (AvgIpc) is 2.81. The van der Waals surface area contributed by atoms with Gasteiger partial charge in [-0.3, -0.25) is 14.5 Å². The summed E-state index contributed by atoms with van der Waals surface area (Å²) >= 11 is 0. The first kappa shape index (κ1) is 23.7. The van der Waals surface area contributed by atoms with Crippen LogP contribution in [0.5, 0.6) is 0 Å². The van der Waals surface area contributed by atoms with E-state index >= 15 is 0 Å². The molecule has 8 heteroatoms. The molecule has 1 fully saturated rings. The van der Waals surface area contributed by atoms with E-state index in [4.69, 9.17) is 4.74 Å². The van der Waals surface area contributed by atoms with Crippen LogP contribution in [0.25, 0.3) is 0 Å². The number of rotatable bonds is 10. The molecule has 0 bridgehead atoms. The number of likely N-dealkylation sites (N-methyl/N-ethyl adjacent to an activating group) is 1. The molecule has 2 amide bonds. The number of nitrogens with one attached hydrogen (secondary N) is 2. The Hall–Kier alpha value is -2.97. The second-order valence-electron chi connectivity index (χ2n) is 7.72. The van der Waals surface area contributed by atoms with Crippen molar-refractivity contribution in [3.05, 3.63) is 59.9 Å². The Morgan fingerprint density at radius 3 is 2.31 bits per heavy atom. The van der Waals surface area contributed by atoms with Gasteiger partial charge >= 0.3 is 0 Å². The van der Waals surface area contributed by atoms with Gasteiger partial charge in [-0.15, -0.1) is 0 Å². The molecule has 2 aromatic carbocycles. The molecule has 0 aromatic heterocycles. The van der Waals surface area contributed by atoms with Gasteiger partial charge in [0.1, 0.15) is 5.82 Å². The molecule has 1 saturated heterocycles. The van der Waals surface area contributed by atoms with Crippen molar-refractivity contribution in [3.63, 3.8) is 0 Å². The summed E-state index contributed by atoms with van der Waals surface area (Å²) in [5, 5.41) is 5.74. The molecule has 1 heterocycles. The van der Waals surface area contributed by atoms with Crippen LogP contribution in [0.3, 0.4) is 0 Å². The summed E-state index contributed by atoms with van der Waals surface area (Å²) in [6.07, 6.45) is 0.624. The lowest BCUT2D eigenvalue weighted by atomic mass is 10.1. The number of hydrogen-bond acceptors (Lipinski definition) is 5. The molecule has 2 aromatic rings. The predicted octanol–water partition coefficient (Wildman–Crippen LogP) is 2.28. The maximum Gasteiger partial charge on any atom is 0.238 e. The normalized spacial score (nSPS) is 13.8. The van der Waals surface area contributed by atoms with Gasteiger partial charge in [-0.2, -0.15) is 0 Å². The number of ether oxygens (including phenoxy) is 1. The monoisotopic (exact) mass is 442 g/mol. The molecule has 3 rings (SSSR count). The Labute approximate surface area is 188 Å². The number of benzene rings is 2. The first-order chi connectivity index (χ1) is 15.5. The summed E-state index contributed by atoms with van der Waals surface area (Å²) in [6.45, 7) is 6.41. The van der Waals surface area contributed by atoms with E-state index in [2.05, 4.69) is 15.5 Å². The van der Waals surface area contributed by atoms with Crippen LogP contribution in [0.1, 0.15) is 12.5 Å². The van der Waals surface area contributed by atoms with Crippen LogP contribution in [0, 0.1) is 5.82 Å². The Bertz CT molecular complexity index is 868. The molecule has 32 heavy (non-hydrogen) atoms. The minimum Gasteiger partial charge on any atom is -0.378 e. The van der Waals surface area contributed by atoms with E-state index in [1.807, 2.05) is 31.2 Å². The lowest BCUT2D eigenvalue weighted by molar-refractivity contribution is -0.123. The van der Waals surface area contributed by atoms with Gasteiger partial charge < -0.3 is 20.3 Å². The third kappa shape index (κ3) is 7.62. The van der Waals surface area contributed by atoms with Crippen molar-refractivity contribution < 1.29 is 18.7 Å². The summed E-state index contributed by atoms with van der Waals surface area (Å²) < 4.78 is 18.3. The number of amides is 2. The molecule has 0 aliphatic carbocycles. The maximum absolute atomic E-state index is 12.9. The van der Waals surface area contributed by atoms with Gasteiger partial charge in [0, 0.05) is 31.0 Å². The molecule has 1 aliphatic rings. The van der Waals surface area contributed by atoms with Crippen LogP contribution in [-0.4, -0.2) is 69.2 Å². The Morgan fingerprint density at radius 2 is 1.66 bits per heavy atom. The zero-order valence-electron chi connectivity index (χ0n) is 18.5. The first-order valence-corrected chi connectivity index (χ1v) is 11.0. The fraction of sp³-hybridized carbons (Fsp3) is 0.417. The second-order valence-corrected chi connectivity index (χ2v) is 7.72. The van der Waals surface area contributed by atoms with Crippen molar-refractivity contribution in [2.45, 2.75) is 13.3 Å². The Kier molecular flexibility index (Phi) is 9.01. The third-order valence-electron chi connectivity index (χ3n) is 5.36. The molecular formula is C24H31FN4O3. The molecule has 0 saturated carbocycles. The van der Waals surface area contributed by atoms with Crippen molar-refractivity contribution >= 4 is 23.2 Å². The number of anilines is 2. The highest BCUT2D eigenvalue weighted by atomic mass is 19.1. The van der Waals surface area contributed by atoms with Crippen molar-refractivity contribution in [2.75, 3.05) is 62.7 Å². The van der Waals surface area contributed by atoms with E-state index in [9.17, 15) is 14.0 Å². The maximum atomic E-state index is 12.9. The van der Waals surface area contributed by atoms with Crippen LogP contribution in [0.4, 0.5) is 15.8 Å². The third-order valence-corrected chi connectivity index (χ3v) is 5.36. The Balaban J connectivity index is 1.39. The number of hydrogen-bond donors (Lipinski definition) is 2. The van der Waals surface area contributed by atoms with Crippen molar-refractivity contribution in [1.29, 1.82) is 0 Å². The standard InChI is InChI=1S/C24H31FN4O3/c1-2-28(17-23(30)26-12-11-19-3-5-20(25)6-4-19)18-24(31)27-21-7-9-22(10-8-21)29-13-15-32-16-14-29/h3-10H,2,11-18H2,1H3,(H,26,30)(H,27,31). The van der Waals surface area contributed by atoms with Crippen LogP contribution < -0.4 is 15.5 Å². The van der Waals surface area contributed by atoms with E-state index < -0.39 is 0 Å². The van der Waals surface area contributed by atoms with Gasteiger partial charge in [0.2, 0.25) is 11.8 Å². The fourth-order valence-electron chi connectivity index (χ4n) is 3.52. The molecule has 7 nitrogen and oxygen atoms in total. The molecule has 172 valence electrons. The van der Waals surface area contributed by atoms with E-state index in [0.717, 1.165) is 43.2 Å². The second kappa shape index (κ2) is 12.2. The lowest BCUT2D eigenvalue weighted by Crippen LogP contribution is -2.41. The SMILES string of the molecule is CCN(CC(=O)NCCc1ccc(F)cc1)CC(=O)Nc1ccc(N2CCOCC2)cc1. The Morgan fingerprint density at radius 1 is 1.00 bits per heavy atom. The van der Waals surface area contributed by atoms with Crippen molar-refractivity contribution in [1.82, 2.24) is 10.2 Å². The van der Waals surface area contributed by atoms with Gasteiger partial charge in [-0.1, -0.05) is 19.1 Å². The smallest absolute Gasteiger partial charge is 0.238 e. The summed E-state index contributed by atoms with van der Waals surface area (Å²) in [5.41, 5.74) is 2.80. The van der Waals surface area contributed by atoms with Gasteiger partial charge in [-0.25, -0.2) is 4.39 Å². The van der Waals surface area contributed by atoms with Gasteiger partial charge in [0.05, 0.1) is 26.3 Å². The highest BCUT2D eigenvalue weighted by Crippen LogP contribution is 2.19. The minimum atomic E-state index is -0.275. The number of morpholine rings is 1. The van der Waals surface area contributed by atoms with E-state index in [0.29, 0.717) is 19.5 Å². The molecular weight excluding hydrogens is 411 g/mol. The van der Waals surface area contributed by atoms with E-state index in [-0.39, 0.29) is 30.7 Å². The first-order valence-electron chi connectivity index (χ1n) is 11.0. The molecule has 0 unspecified atom stereocenters. The van der Waals surface area contributed by atoms with Gasteiger partial charge in [0.25, 0.3) is 0 Å². The van der Waals surface area contributed by atoms with Gasteiger partial charge in [0.15, 0.2) is 0 Å². The summed E-state index contributed by atoms with van der Waals surface area (Å²) in [4.78, 5) is 28.7. The summed E-state index contributed by atoms with van der Waals surface area (Å²) in [7, 11) is 0. The predicted molar refractivity (Wildman–Crippen MR) is 123 cm³/mol. The van der Waals surface area contributed by atoms with Crippen LogP contribution >= 0.6 is 0 Å². The highest BCUT2D eigenvalue weighted by molar-refractivity contribution is 5.92. The highest BCUT2D eigenvalue weighted by Gasteiger charge is 2.14. The molecule has 2 N–H and O–H groups in total. The molecule has 0 radical (unpaired) electrons. The lowest BCUT2D eigenvalue weighted by Gasteiger charge is -2.29. The minimum absolute atomic E-state index is 0.132. The van der Waals surface area contributed by atoms with Crippen LogP contribution in [0.15, 0.2) is 48.5 Å². The summed E-state index contributed by atoms with van der Waals surface area (Å²) in [5.74, 6) is -0.579. The average molecular weight is 443 g/mol. The number of halogens is 1. The zero-order chi connectivity index (χ0) is 22.8. The quantitative estimate of drug-likeness (QED) is 0.591. The number of carbonyl (C=O) groups is 2. The van der Waals surface area contributed by atoms with Crippen molar-refractivity contribution in [2.24, 2.45) is 0 Å². The van der Waals surface area contributed by atoms with Crippen LogP contribution in [-0.2, 0) is 20.7 Å². The fourth-order valence-corrected chi connectivity index (χ4v) is 3.52. The molecule has 1 aliphatic heterocycles. The zero-order valence-corrected chi connectivity index (χ0v) is 18.5.